The van der Waals surface area contributed by atoms with E-state index in [1.165, 1.54) is 16.8 Å². The van der Waals surface area contributed by atoms with E-state index in [1.54, 1.807) is 12.1 Å². The van der Waals surface area contributed by atoms with Crippen LogP contribution in [0.4, 0.5) is 5.69 Å². The van der Waals surface area contributed by atoms with E-state index >= 15 is 0 Å². The second kappa shape index (κ2) is 7.97. The van der Waals surface area contributed by atoms with Crippen LogP contribution >= 0.6 is 0 Å². The van der Waals surface area contributed by atoms with Gasteiger partial charge in [-0.2, -0.15) is 0 Å². The van der Waals surface area contributed by atoms with Gasteiger partial charge in [-0.3, -0.25) is 19.1 Å². The molecular formula is C24H21N3O4S. The number of nitrogens with one attached hydrogen (secondary N) is 2. The predicted molar refractivity (Wildman–Crippen MR) is 129 cm³/mol. The standard InChI is InChI=1S/C24H21N3O4S/c1-15(2)19-11-20(14-22(13-19)27-9-8-23(28)25-24(27)29)17-4-5-18-12-21(26-32(3,30)31)7-6-16(18)10-17/h4-14,26H,1H2,2-3H3,(H,25,28,29). The number of aromatic amines is 1. The predicted octanol–water partition coefficient (Wildman–Crippen LogP) is 3.75. The van der Waals surface area contributed by atoms with Gasteiger partial charge in [-0.25, -0.2) is 13.2 Å². The third-order valence-corrected chi connectivity index (χ3v) is 5.60. The number of rotatable bonds is 5. The molecule has 0 spiro atoms. The van der Waals surface area contributed by atoms with Gasteiger partial charge >= 0.3 is 5.69 Å². The second-order valence-electron chi connectivity index (χ2n) is 7.68. The third-order valence-electron chi connectivity index (χ3n) is 4.99. The fraction of sp³-hybridized carbons (Fsp3) is 0.0833. The van der Waals surface area contributed by atoms with E-state index in [0.717, 1.165) is 39.3 Å². The molecule has 0 bridgehead atoms. The SMILES string of the molecule is C=C(C)c1cc(-c2ccc3cc(NS(C)(=O)=O)ccc3c2)cc(-n2ccc(=O)[nH]c2=O)c1. The third kappa shape index (κ3) is 4.55. The molecule has 0 radical (unpaired) electrons. The van der Waals surface area contributed by atoms with Crippen LogP contribution in [-0.2, 0) is 10.0 Å². The monoisotopic (exact) mass is 447 g/mol. The molecule has 0 unspecified atom stereocenters. The van der Waals surface area contributed by atoms with E-state index in [2.05, 4.69) is 16.3 Å². The average Bonchev–Trinajstić information content (AvgIpc) is 2.72. The minimum Gasteiger partial charge on any atom is -0.284 e. The van der Waals surface area contributed by atoms with Gasteiger partial charge in [-0.1, -0.05) is 30.4 Å². The van der Waals surface area contributed by atoms with Crippen LogP contribution in [0, 0.1) is 0 Å². The van der Waals surface area contributed by atoms with E-state index in [-0.39, 0.29) is 0 Å². The highest BCUT2D eigenvalue weighted by Gasteiger charge is 2.09. The molecule has 8 heteroatoms. The van der Waals surface area contributed by atoms with Crippen LogP contribution in [-0.4, -0.2) is 24.2 Å². The van der Waals surface area contributed by atoms with Crippen LogP contribution in [0.5, 0.6) is 0 Å². The second-order valence-corrected chi connectivity index (χ2v) is 9.43. The molecule has 3 aromatic carbocycles. The maximum absolute atomic E-state index is 12.3. The van der Waals surface area contributed by atoms with E-state index in [4.69, 9.17) is 0 Å². The Hall–Kier alpha value is -3.91. The lowest BCUT2D eigenvalue weighted by molar-refractivity contribution is 0.607. The molecule has 0 amide bonds. The normalized spacial score (nSPS) is 11.4. The zero-order valence-corrected chi connectivity index (χ0v) is 18.4. The number of anilines is 1. The Morgan fingerprint density at radius 2 is 1.66 bits per heavy atom. The van der Waals surface area contributed by atoms with E-state index in [1.807, 2.05) is 49.4 Å². The molecule has 0 saturated carbocycles. The van der Waals surface area contributed by atoms with Crippen molar-refractivity contribution in [3.8, 4) is 16.8 Å². The lowest BCUT2D eigenvalue weighted by Crippen LogP contribution is -2.27. The molecule has 0 atom stereocenters. The van der Waals surface area contributed by atoms with Crippen molar-refractivity contribution in [1.82, 2.24) is 9.55 Å². The zero-order chi connectivity index (χ0) is 23.0. The maximum atomic E-state index is 12.3. The van der Waals surface area contributed by atoms with E-state index in [0.29, 0.717) is 11.4 Å². The van der Waals surface area contributed by atoms with Gasteiger partial charge in [0.15, 0.2) is 0 Å². The zero-order valence-electron chi connectivity index (χ0n) is 17.5. The van der Waals surface area contributed by atoms with Crippen LogP contribution in [0.15, 0.2) is 83.0 Å². The Morgan fingerprint density at radius 3 is 2.34 bits per heavy atom. The highest BCUT2D eigenvalue weighted by atomic mass is 32.2. The molecule has 0 aliphatic heterocycles. The molecule has 1 aromatic heterocycles. The number of benzene rings is 3. The molecular weight excluding hydrogens is 426 g/mol. The lowest BCUT2D eigenvalue weighted by atomic mass is 9.97. The Balaban J connectivity index is 1.84. The smallest absolute Gasteiger partial charge is 0.284 e. The van der Waals surface area contributed by atoms with Crippen molar-refractivity contribution in [3.05, 3.63) is 99.8 Å². The van der Waals surface area contributed by atoms with Crippen LogP contribution in [0.3, 0.4) is 0 Å². The number of fused-ring (bicyclic) bond motifs is 1. The Kier molecular flexibility index (Phi) is 5.31. The fourth-order valence-electron chi connectivity index (χ4n) is 3.49. The number of hydrogen-bond acceptors (Lipinski definition) is 4. The molecule has 4 aromatic rings. The maximum Gasteiger partial charge on any atom is 0.332 e. The van der Waals surface area contributed by atoms with Gasteiger partial charge in [0.25, 0.3) is 5.56 Å². The van der Waals surface area contributed by atoms with E-state index < -0.39 is 21.3 Å². The largest absolute Gasteiger partial charge is 0.332 e. The first-order valence-corrected chi connectivity index (χ1v) is 11.6. The van der Waals surface area contributed by atoms with Gasteiger partial charge in [0.1, 0.15) is 0 Å². The minimum absolute atomic E-state index is 0.457. The van der Waals surface area contributed by atoms with Crippen molar-refractivity contribution < 1.29 is 8.42 Å². The van der Waals surface area contributed by atoms with Crippen molar-refractivity contribution in [1.29, 1.82) is 0 Å². The summed E-state index contributed by atoms with van der Waals surface area (Å²) in [5.41, 5.74) is 3.62. The minimum atomic E-state index is -3.36. The summed E-state index contributed by atoms with van der Waals surface area (Å²) in [6, 6.07) is 18.2. The molecule has 32 heavy (non-hydrogen) atoms. The van der Waals surface area contributed by atoms with Crippen molar-refractivity contribution in [2.24, 2.45) is 0 Å². The van der Waals surface area contributed by atoms with Crippen LogP contribution < -0.4 is 16.0 Å². The van der Waals surface area contributed by atoms with Gasteiger partial charge in [0.2, 0.25) is 10.0 Å². The highest BCUT2D eigenvalue weighted by Crippen LogP contribution is 2.30. The van der Waals surface area contributed by atoms with Gasteiger partial charge in [0, 0.05) is 18.0 Å². The summed E-state index contributed by atoms with van der Waals surface area (Å²) in [5.74, 6) is 0. The van der Waals surface area contributed by atoms with E-state index in [9.17, 15) is 18.0 Å². The summed E-state index contributed by atoms with van der Waals surface area (Å²) in [6.45, 7) is 5.90. The molecule has 0 fully saturated rings. The number of aromatic nitrogens is 2. The molecule has 7 nitrogen and oxygen atoms in total. The molecule has 1 heterocycles. The van der Waals surface area contributed by atoms with Crippen LogP contribution in [0.2, 0.25) is 0 Å². The molecule has 0 aliphatic rings. The Labute approximate surface area is 184 Å². The number of H-pyrrole nitrogens is 1. The van der Waals surface area contributed by atoms with Crippen LogP contribution in [0.25, 0.3) is 33.2 Å². The highest BCUT2D eigenvalue weighted by molar-refractivity contribution is 7.92. The summed E-state index contributed by atoms with van der Waals surface area (Å²) in [6.07, 6.45) is 2.55. The summed E-state index contributed by atoms with van der Waals surface area (Å²) < 4.78 is 26.8. The first-order valence-electron chi connectivity index (χ1n) is 9.74. The quantitative estimate of drug-likeness (QED) is 0.486. The summed E-state index contributed by atoms with van der Waals surface area (Å²) >= 11 is 0. The molecule has 162 valence electrons. The number of sulfonamides is 1. The number of nitrogens with zero attached hydrogens (tertiary/aromatic N) is 1. The first-order chi connectivity index (χ1) is 15.1. The lowest BCUT2D eigenvalue weighted by Gasteiger charge is -2.13. The van der Waals surface area contributed by atoms with Crippen molar-refractivity contribution >= 4 is 32.1 Å². The summed E-state index contributed by atoms with van der Waals surface area (Å²) in [7, 11) is -3.36. The summed E-state index contributed by atoms with van der Waals surface area (Å²) in [5, 5.41) is 1.82. The number of hydrogen-bond donors (Lipinski definition) is 2. The van der Waals surface area contributed by atoms with Crippen LogP contribution in [0.1, 0.15) is 12.5 Å². The number of allylic oxidation sites excluding steroid dienone is 1. The van der Waals surface area contributed by atoms with Crippen molar-refractivity contribution in [2.45, 2.75) is 6.92 Å². The summed E-state index contributed by atoms with van der Waals surface area (Å²) in [4.78, 5) is 26.0. The Bertz CT molecular complexity index is 1600. The average molecular weight is 448 g/mol. The topological polar surface area (TPSA) is 101 Å². The molecule has 0 aliphatic carbocycles. The Morgan fingerprint density at radius 1 is 0.938 bits per heavy atom. The van der Waals surface area contributed by atoms with Gasteiger partial charge < -0.3 is 0 Å². The molecule has 4 rings (SSSR count). The molecule has 2 N–H and O–H groups in total. The van der Waals surface area contributed by atoms with Gasteiger partial charge in [-0.15, -0.1) is 0 Å². The van der Waals surface area contributed by atoms with Crippen molar-refractivity contribution in [3.63, 3.8) is 0 Å². The first kappa shape index (κ1) is 21.3. The van der Waals surface area contributed by atoms with Gasteiger partial charge in [-0.05, 0) is 70.8 Å². The fourth-order valence-corrected chi connectivity index (χ4v) is 4.04. The van der Waals surface area contributed by atoms with Gasteiger partial charge in [0.05, 0.1) is 11.9 Å². The molecule has 0 saturated heterocycles. The van der Waals surface area contributed by atoms with Crippen molar-refractivity contribution in [2.75, 3.05) is 11.0 Å².